The van der Waals surface area contributed by atoms with Gasteiger partial charge in [0.25, 0.3) is 5.91 Å². The standard InChI is InChI=1S/C14H14BrNO/c1-4-13(10(2)11(3)15)16-14(17)12-8-6-5-7-9-12/h4-9H,1,3H2,2H3,(H,16,17)/b13-10+. The molecule has 0 aliphatic rings. The van der Waals surface area contributed by atoms with Gasteiger partial charge in [0.2, 0.25) is 0 Å². The Hall–Kier alpha value is -1.61. The van der Waals surface area contributed by atoms with E-state index in [1.54, 1.807) is 18.2 Å². The van der Waals surface area contributed by atoms with Gasteiger partial charge in [0.05, 0.1) is 0 Å². The van der Waals surface area contributed by atoms with Crippen LogP contribution in [0.15, 0.2) is 65.3 Å². The number of amides is 1. The molecule has 2 nitrogen and oxygen atoms in total. The molecule has 1 aromatic carbocycles. The van der Waals surface area contributed by atoms with Crippen molar-refractivity contribution >= 4 is 21.8 Å². The van der Waals surface area contributed by atoms with Gasteiger partial charge in [-0.05, 0) is 30.7 Å². The zero-order valence-corrected chi connectivity index (χ0v) is 11.3. The van der Waals surface area contributed by atoms with Crippen LogP contribution in [0.3, 0.4) is 0 Å². The molecule has 0 aliphatic carbocycles. The first-order chi connectivity index (χ1) is 8.06. The van der Waals surface area contributed by atoms with Gasteiger partial charge in [-0.15, -0.1) is 0 Å². The van der Waals surface area contributed by atoms with Crippen molar-refractivity contribution in [3.63, 3.8) is 0 Å². The smallest absolute Gasteiger partial charge is 0.255 e. The lowest BCUT2D eigenvalue weighted by molar-refractivity contribution is 0.0967. The zero-order chi connectivity index (χ0) is 12.8. The minimum absolute atomic E-state index is 0.159. The molecule has 0 fully saturated rings. The van der Waals surface area contributed by atoms with Crippen LogP contribution >= 0.6 is 15.9 Å². The summed E-state index contributed by atoms with van der Waals surface area (Å²) >= 11 is 3.28. The van der Waals surface area contributed by atoms with Crippen molar-refractivity contribution < 1.29 is 4.79 Å². The van der Waals surface area contributed by atoms with Gasteiger partial charge in [0, 0.05) is 15.7 Å². The van der Waals surface area contributed by atoms with Crippen molar-refractivity contribution in [2.24, 2.45) is 0 Å². The molecule has 0 atom stereocenters. The van der Waals surface area contributed by atoms with Crippen molar-refractivity contribution in [3.8, 4) is 0 Å². The summed E-state index contributed by atoms with van der Waals surface area (Å²) in [4.78, 5) is 11.9. The van der Waals surface area contributed by atoms with Gasteiger partial charge in [-0.3, -0.25) is 4.79 Å². The van der Waals surface area contributed by atoms with Crippen LogP contribution in [0.1, 0.15) is 17.3 Å². The third kappa shape index (κ3) is 3.71. The van der Waals surface area contributed by atoms with Crippen molar-refractivity contribution in [3.05, 3.63) is 70.9 Å². The predicted octanol–water partition coefficient (Wildman–Crippen LogP) is 3.79. The minimum Gasteiger partial charge on any atom is -0.322 e. The highest BCUT2D eigenvalue weighted by molar-refractivity contribution is 9.11. The molecule has 17 heavy (non-hydrogen) atoms. The van der Waals surface area contributed by atoms with E-state index in [0.29, 0.717) is 11.3 Å². The molecular weight excluding hydrogens is 278 g/mol. The van der Waals surface area contributed by atoms with E-state index in [1.165, 1.54) is 0 Å². The molecule has 1 amide bonds. The van der Waals surface area contributed by atoms with E-state index in [4.69, 9.17) is 0 Å². The van der Waals surface area contributed by atoms with Crippen LogP contribution in [0.5, 0.6) is 0 Å². The summed E-state index contributed by atoms with van der Waals surface area (Å²) in [6, 6.07) is 9.03. The maximum atomic E-state index is 11.9. The average Bonchev–Trinajstić information content (AvgIpc) is 2.35. The maximum Gasteiger partial charge on any atom is 0.255 e. The fourth-order valence-corrected chi connectivity index (χ4v) is 1.44. The monoisotopic (exact) mass is 291 g/mol. The number of rotatable bonds is 4. The molecule has 0 heterocycles. The van der Waals surface area contributed by atoms with Crippen LogP contribution in [0.25, 0.3) is 0 Å². The van der Waals surface area contributed by atoms with E-state index in [2.05, 4.69) is 34.4 Å². The highest BCUT2D eigenvalue weighted by Crippen LogP contribution is 2.17. The molecule has 0 bridgehead atoms. The first-order valence-corrected chi connectivity index (χ1v) is 5.90. The molecule has 0 aromatic heterocycles. The van der Waals surface area contributed by atoms with Gasteiger partial charge in [0.1, 0.15) is 0 Å². The summed E-state index contributed by atoms with van der Waals surface area (Å²) in [7, 11) is 0. The predicted molar refractivity (Wildman–Crippen MR) is 74.9 cm³/mol. The largest absolute Gasteiger partial charge is 0.322 e. The number of hydrogen-bond acceptors (Lipinski definition) is 1. The lowest BCUT2D eigenvalue weighted by Crippen LogP contribution is -2.22. The van der Waals surface area contributed by atoms with Crippen LogP contribution in [0, 0.1) is 0 Å². The molecule has 88 valence electrons. The summed E-state index contributed by atoms with van der Waals surface area (Å²) in [6.45, 7) is 9.30. The summed E-state index contributed by atoms with van der Waals surface area (Å²) < 4.78 is 0.723. The number of carbonyl (C=O) groups is 1. The average molecular weight is 292 g/mol. The van der Waals surface area contributed by atoms with Gasteiger partial charge < -0.3 is 5.32 Å². The third-order valence-electron chi connectivity index (χ3n) is 2.30. The van der Waals surface area contributed by atoms with Crippen molar-refractivity contribution in [2.75, 3.05) is 0 Å². The second-order valence-corrected chi connectivity index (χ2v) is 4.43. The normalized spacial score (nSPS) is 11.4. The molecular formula is C14H14BrNO. The topological polar surface area (TPSA) is 29.1 Å². The number of carbonyl (C=O) groups excluding carboxylic acids is 1. The Morgan fingerprint density at radius 3 is 2.41 bits per heavy atom. The Balaban J connectivity index is 2.92. The molecule has 1 aromatic rings. The Kier molecular flexibility index (Phi) is 4.91. The quantitative estimate of drug-likeness (QED) is 0.841. The number of hydrogen-bond donors (Lipinski definition) is 1. The first-order valence-electron chi connectivity index (χ1n) is 5.10. The van der Waals surface area contributed by atoms with Gasteiger partial charge in [-0.25, -0.2) is 0 Å². The van der Waals surface area contributed by atoms with Crippen LogP contribution in [0.2, 0.25) is 0 Å². The number of allylic oxidation sites excluding steroid dienone is 3. The van der Waals surface area contributed by atoms with Crippen LogP contribution in [-0.2, 0) is 0 Å². The Bertz CT molecular complexity index is 474. The van der Waals surface area contributed by atoms with E-state index >= 15 is 0 Å². The van der Waals surface area contributed by atoms with Gasteiger partial charge in [-0.2, -0.15) is 0 Å². The van der Waals surface area contributed by atoms with E-state index < -0.39 is 0 Å². The van der Waals surface area contributed by atoms with Crippen molar-refractivity contribution in [2.45, 2.75) is 6.92 Å². The van der Waals surface area contributed by atoms with Gasteiger partial charge in [-0.1, -0.05) is 47.3 Å². The Labute approximate surface area is 110 Å². The van der Waals surface area contributed by atoms with Crippen molar-refractivity contribution in [1.82, 2.24) is 5.32 Å². The molecule has 0 saturated carbocycles. The SMILES string of the molecule is C=C/C(NC(=O)c1ccccc1)=C(/C)C(=C)Br. The fraction of sp³-hybridized carbons (Fsp3) is 0.0714. The molecule has 1 N–H and O–H groups in total. The Morgan fingerprint density at radius 1 is 1.35 bits per heavy atom. The lowest BCUT2D eigenvalue weighted by Gasteiger charge is -2.09. The van der Waals surface area contributed by atoms with E-state index in [-0.39, 0.29) is 5.91 Å². The summed E-state index contributed by atoms with van der Waals surface area (Å²) in [5, 5.41) is 2.80. The van der Waals surface area contributed by atoms with E-state index in [0.717, 1.165) is 10.1 Å². The van der Waals surface area contributed by atoms with Crippen LogP contribution < -0.4 is 5.32 Å². The zero-order valence-electron chi connectivity index (χ0n) is 9.66. The first kappa shape index (κ1) is 13.5. The van der Waals surface area contributed by atoms with Crippen molar-refractivity contribution in [1.29, 1.82) is 0 Å². The van der Waals surface area contributed by atoms with E-state index in [9.17, 15) is 4.79 Å². The molecule has 0 unspecified atom stereocenters. The molecule has 0 saturated heterocycles. The summed E-state index contributed by atoms with van der Waals surface area (Å²) in [5.74, 6) is -0.159. The summed E-state index contributed by atoms with van der Waals surface area (Å²) in [6.07, 6.45) is 1.60. The highest BCUT2D eigenvalue weighted by Gasteiger charge is 2.07. The second-order valence-electron chi connectivity index (χ2n) is 3.47. The minimum atomic E-state index is -0.159. The molecule has 3 heteroatoms. The Morgan fingerprint density at radius 2 is 1.94 bits per heavy atom. The molecule has 1 rings (SSSR count). The number of nitrogens with one attached hydrogen (secondary N) is 1. The second kappa shape index (κ2) is 6.21. The lowest BCUT2D eigenvalue weighted by atomic mass is 10.2. The number of halogens is 1. The summed E-state index contributed by atoms with van der Waals surface area (Å²) in [5.41, 5.74) is 2.12. The molecule has 0 spiro atoms. The third-order valence-corrected chi connectivity index (χ3v) is 2.89. The number of benzene rings is 1. The van der Waals surface area contributed by atoms with Gasteiger partial charge in [0.15, 0.2) is 0 Å². The maximum absolute atomic E-state index is 11.9. The van der Waals surface area contributed by atoms with Crippen LogP contribution in [0.4, 0.5) is 0 Å². The molecule has 0 aliphatic heterocycles. The van der Waals surface area contributed by atoms with E-state index in [1.807, 2.05) is 25.1 Å². The van der Waals surface area contributed by atoms with Gasteiger partial charge >= 0.3 is 0 Å². The fourth-order valence-electron chi connectivity index (χ4n) is 1.23. The van der Waals surface area contributed by atoms with Crippen LogP contribution in [-0.4, -0.2) is 5.91 Å². The highest BCUT2D eigenvalue weighted by atomic mass is 79.9. The molecule has 0 radical (unpaired) electrons.